The van der Waals surface area contributed by atoms with E-state index in [9.17, 15) is 19.8 Å². The number of thioether (sulfide) groups is 1. The number of hydrogen-bond acceptors (Lipinski definition) is 5. The van der Waals surface area contributed by atoms with Crippen LogP contribution in [0.15, 0.2) is 24.3 Å². The van der Waals surface area contributed by atoms with Gasteiger partial charge in [-0.3, -0.25) is 9.59 Å². The third kappa shape index (κ3) is 6.29. The average molecular weight is 311 g/mol. The van der Waals surface area contributed by atoms with E-state index in [1.165, 1.54) is 6.92 Å². The van der Waals surface area contributed by atoms with Crippen LogP contribution in [0.25, 0.3) is 0 Å². The van der Waals surface area contributed by atoms with Gasteiger partial charge in [-0.05, 0) is 17.5 Å². The molecule has 0 saturated heterocycles. The number of carbonyl (C=O) groups excluding carboxylic acids is 2. The Kier molecular flexibility index (Phi) is 7.42. The molecule has 0 spiro atoms. The van der Waals surface area contributed by atoms with Crippen molar-refractivity contribution < 1.29 is 19.8 Å². The summed E-state index contributed by atoms with van der Waals surface area (Å²) in [7, 11) is 1.58. The predicted octanol–water partition coefficient (Wildman–Crippen LogP) is 1.04. The molecular weight excluding hydrogens is 290 g/mol. The van der Waals surface area contributed by atoms with Gasteiger partial charge in [-0.2, -0.15) is 0 Å². The molecule has 1 aromatic carbocycles. The molecule has 0 bridgehead atoms. The molecule has 0 heterocycles. The third-order valence-electron chi connectivity index (χ3n) is 3.05. The summed E-state index contributed by atoms with van der Waals surface area (Å²) in [4.78, 5) is 22.1. The number of carbonyl (C=O) groups is 2. The molecule has 5 nitrogen and oxygen atoms in total. The van der Waals surface area contributed by atoms with E-state index in [1.807, 2.05) is 0 Å². The monoisotopic (exact) mass is 311 g/mol. The van der Waals surface area contributed by atoms with Crippen molar-refractivity contribution in [3.05, 3.63) is 35.4 Å². The fraction of sp³-hybridized carbons (Fsp3) is 0.467. The number of amides is 1. The van der Waals surface area contributed by atoms with Crippen LogP contribution in [0.2, 0.25) is 0 Å². The van der Waals surface area contributed by atoms with E-state index in [1.54, 1.807) is 31.3 Å². The zero-order valence-electron chi connectivity index (χ0n) is 12.2. The molecule has 0 radical (unpaired) electrons. The summed E-state index contributed by atoms with van der Waals surface area (Å²) in [5.74, 6) is 0.395. The summed E-state index contributed by atoms with van der Waals surface area (Å²) >= 11 is 1.13. The lowest BCUT2D eigenvalue weighted by molar-refractivity contribution is -0.120. The van der Waals surface area contributed by atoms with Crippen LogP contribution in [0, 0.1) is 0 Å². The lowest BCUT2D eigenvalue weighted by Crippen LogP contribution is -2.20. The Balaban J connectivity index is 2.55. The SMILES string of the molecule is CNC(=O)Cc1ccc(C(O)C(O)CCSC(C)=O)cc1. The molecule has 1 rings (SSSR count). The quantitative estimate of drug-likeness (QED) is 0.700. The molecule has 21 heavy (non-hydrogen) atoms. The highest BCUT2D eigenvalue weighted by Crippen LogP contribution is 2.21. The third-order valence-corrected chi connectivity index (χ3v) is 3.89. The fourth-order valence-electron chi connectivity index (χ4n) is 1.81. The van der Waals surface area contributed by atoms with Crippen LogP contribution in [0.4, 0.5) is 0 Å². The molecule has 116 valence electrons. The standard InChI is InChI=1S/C15H21NO4S/c1-10(17)21-8-7-13(18)15(20)12-5-3-11(4-6-12)9-14(19)16-2/h3-6,13,15,18,20H,7-9H2,1-2H3,(H,16,19). The Labute approximate surface area is 128 Å². The average Bonchev–Trinajstić information content (AvgIpc) is 2.46. The Morgan fingerprint density at radius 3 is 2.38 bits per heavy atom. The minimum absolute atomic E-state index is 0.00440. The van der Waals surface area contributed by atoms with Crippen molar-refractivity contribution in [2.24, 2.45) is 0 Å². The fourth-order valence-corrected chi connectivity index (χ4v) is 2.46. The van der Waals surface area contributed by atoms with Crippen molar-refractivity contribution in [2.45, 2.75) is 32.0 Å². The summed E-state index contributed by atoms with van der Waals surface area (Å²) in [6, 6.07) is 6.91. The van der Waals surface area contributed by atoms with Gasteiger partial charge in [-0.1, -0.05) is 36.0 Å². The van der Waals surface area contributed by atoms with Gasteiger partial charge in [0.1, 0.15) is 6.10 Å². The van der Waals surface area contributed by atoms with Gasteiger partial charge in [0.2, 0.25) is 5.91 Å². The second-order valence-electron chi connectivity index (χ2n) is 4.73. The normalized spacial score (nSPS) is 13.5. The van der Waals surface area contributed by atoms with E-state index in [0.717, 1.165) is 17.3 Å². The number of aliphatic hydroxyl groups is 2. The van der Waals surface area contributed by atoms with Crippen LogP contribution in [-0.2, 0) is 16.0 Å². The molecule has 0 aliphatic heterocycles. The number of benzene rings is 1. The Bertz CT molecular complexity index is 475. The highest BCUT2D eigenvalue weighted by Gasteiger charge is 2.18. The first-order chi connectivity index (χ1) is 9.93. The van der Waals surface area contributed by atoms with Gasteiger partial charge in [0.15, 0.2) is 5.12 Å². The van der Waals surface area contributed by atoms with E-state index >= 15 is 0 Å². The molecule has 2 unspecified atom stereocenters. The second-order valence-corrected chi connectivity index (χ2v) is 6.00. The maximum absolute atomic E-state index is 11.3. The summed E-state index contributed by atoms with van der Waals surface area (Å²) in [5.41, 5.74) is 1.43. The minimum Gasteiger partial charge on any atom is -0.390 e. The smallest absolute Gasteiger partial charge is 0.224 e. The largest absolute Gasteiger partial charge is 0.390 e. The van der Waals surface area contributed by atoms with Gasteiger partial charge in [0.25, 0.3) is 0 Å². The van der Waals surface area contributed by atoms with Crippen molar-refractivity contribution in [2.75, 3.05) is 12.8 Å². The van der Waals surface area contributed by atoms with E-state index in [2.05, 4.69) is 5.32 Å². The van der Waals surface area contributed by atoms with E-state index in [-0.39, 0.29) is 17.4 Å². The first-order valence-corrected chi connectivity index (χ1v) is 7.71. The molecule has 0 aromatic heterocycles. The van der Waals surface area contributed by atoms with Gasteiger partial charge in [-0.15, -0.1) is 0 Å². The van der Waals surface area contributed by atoms with E-state index in [0.29, 0.717) is 17.7 Å². The Morgan fingerprint density at radius 1 is 1.24 bits per heavy atom. The van der Waals surface area contributed by atoms with Crippen molar-refractivity contribution in [3.8, 4) is 0 Å². The van der Waals surface area contributed by atoms with E-state index in [4.69, 9.17) is 0 Å². The molecule has 2 atom stereocenters. The van der Waals surface area contributed by atoms with Crippen LogP contribution in [0.1, 0.15) is 30.6 Å². The predicted molar refractivity (Wildman–Crippen MR) is 82.9 cm³/mol. The topological polar surface area (TPSA) is 86.6 Å². The molecule has 0 aliphatic rings. The second kappa shape index (κ2) is 8.81. The molecule has 6 heteroatoms. The maximum Gasteiger partial charge on any atom is 0.224 e. The maximum atomic E-state index is 11.3. The summed E-state index contributed by atoms with van der Waals surface area (Å²) in [6.45, 7) is 1.47. The number of hydrogen-bond donors (Lipinski definition) is 3. The van der Waals surface area contributed by atoms with Crippen LogP contribution in [-0.4, -0.2) is 40.1 Å². The Hall–Kier alpha value is -1.37. The molecule has 0 aliphatic carbocycles. The minimum atomic E-state index is -0.994. The summed E-state index contributed by atoms with van der Waals surface area (Å²) in [6.07, 6.45) is -1.29. The molecule has 1 amide bonds. The molecule has 1 aromatic rings. The zero-order valence-corrected chi connectivity index (χ0v) is 13.0. The lowest BCUT2D eigenvalue weighted by atomic mass is 10.0. The molecular formula is C15H21NO4S. The highest BCUT2D eigenvalue weighted by molar-refractivity contribution is 8.13. The number of likely N-dealkylation sites (N-methyl/N-ethyl adjacent to an activating group) is 1. The zero-order chi connectivity index (χ0) is 15.8. The van der Waals surface area contributed by atoms with Crippen LogP contribution >= 0.6 is 11.8 Å². The van der Waals surface area contributed by atoms with Crippen molar-refractivity contribution >= 4 is 22.8 Å². The van der Waals surface area contributed by atoms with Gasteiger partial charge < -0.3 is 15.5 Å². The first kappa shape index (κ1) is 17.7. The van der Waals surface area contributed by atoms with Crippen molar-refractivity contribution in [1.82, 2.24) is 5.32 Å². The van der Waals surface area contributed by atoms with E-state index < -0.39 is 12.2 Å². The number of rotatable bonds is 7. The van der Waals surface area contributed by atoms with Gasteiger partial charge in [-0.25, -0.2) is 0 Å². The van der Waals surface area contributed by atoms with Crippen molar-refractivity contribution in [1.29, 1.82) is 0 Å². The number of aliphatic hydroxyl groups excluding tert-OH is 2. The molecule has 0 fully saturated rings. The van der Waals surface area contributed by atoms with Gasteiger partial charge in [0, 0.05) is 19.7 Å². The van der Waals surface area contributed by atoms with Gasteiger partial charge >= 0.3 is 0 Å². The van der Waals surface area contributed by atoms with Crippen LogP contribution in [0.3, 0.4) is 0 Å². The Morgan fingerprint density at radius 2 is 1.86 bits per heavy atom. The summed E-state index contributed by atoms with van der Waals surface area (Å²) < 4.78 is 0. The van der Waals surface area contributed by atoms with Gasteiger partial charge in [0.05, 0.1) is 12.5 Å². The van der Waals surface area contributed by atoms with Crippen LogP contribution < -0.4 is 5.32 Å². The number of nitrogens with one attached hydrogen (secondary N) is 1. The highest BCUT2D eigenvalue weighted by atomic mass is 32.2. The first-order valence-electron chi connectivity index (χ1n) is 6.73. The lowest BCUT2D eigenvalue weighted by Gasteiger charge is -2.18. The van der Waals surface area contributed by atoms with Crippen LogP contribution in [0.5, 0.6) is 0 Å². The molecule has 3 N–H and O–H groups in total. The summed E-state index contributed by atoms with van der Waals surface area (Å²) in [5, 5.41) is 22.5. The van der Waals surface area contributed by atoms with Crippen molar-refractivity contribution in [3.63, 3.8) is 0 Å². The molecule has 0 saturated carbocycles.